The van der Waals surface area contributed by atoms with E-state index in [4.69, 9.17) is 0 Å². The number of ether oxygens (including phenoxy) is 1. The van der Waals surface area contributed by atoms with Crippen molar-refractivity contribution in [3.63, 3.8) is 0 Å². The van der Waals surface area contributed by atoms with Crippen LogP contribution in [0.4, 0.5) is 0 Å². The Morgan fingerprint density at radius 3 is 2.44 bits per heavy atom. The van der Waals surface area contributed by atoms with Crippen LogP contribution in [0.25, 0.3) is 0 Å². The summed E-state index contributed by atoms with van der Waals surface area (Å²) in [5, 5.41) is 2.82. The maximum absolute atomic E-state index is 11.3. The molecule has 0 aromatic heterocycles. The lowest BCUT2D eigenvalue weighted by molar-refractivity contribution is -0.144. The van der Waals surface area contributed by atoms with Gasteiger partial charge in [0.15, 0.2) is 0 Å². The second kappa shape index (κ2) is 8.44. The van der Waals surface area contributed by atoms with Crippen LogP contribution < -0.4 is 5.32 Å². The largest absolute Gasteiger partial charge is 0.469 e. The average Bonchev–Trinajstić information content (AvgIpc) is 2.21. The summed E-state index contributed by atoms with van der Waals surface area (Å²) in [4.78, 5) is 22.3. The Labute approximate surface area is 101 Å². The Morgan fingerprint density at radius 1 is 1.31 bits per heavy atom. The van der Waals surface area contributed by atoms with Gasteiger partial charge in [-0.2, -0.15) is 11.8 Å². The number of hydrogen-bond donors (Lipinski definition) is 1. The number of amides is 1. The molecule has 0 rings (SSSR count). The SMILES string of the molecule is COC(=O)C(C)CSCCC(=O)NC(C)C. The van der Waals surface area contributed by atoms with E-state index >= 15 is 0 Å². The normalized spacial score (nSPS) is 12.3. The molecule has 0 aromatic rings. The minimum absolute atomic E-state index is 0.0632. The summed E-state index contributed by atoms with van der Waals surface area (Å²) >= 11 is 1.60. The fraction of sp³-hybridized carbons (Fsp3) is 0.818. The highest BCUT2D eigenvalue weighted by Gasteiger charge is 2.12. The second-order valence-electron chi connectivity index (χ2n) is 3.97. The summed E-state index contributed by atoms with van der Waals surface area (Å²) in [5.41, 5.74) is 0. The van der Waals surface area contributed by atoms with E-state index in [-0.39, 0.29) is 23.8 Å². The molecule has 0 aromatic carbocycles. The minimum atomic E-state index is -0.195. The molecule has 0 spiro atoms. The first-order valence-electron chi connectivity index (χ1n) is 5.42. The van der Waals surface area contributed by atoms with Gasteiger partial charge in [-0.15, -0.1) is 0 Å². The quantitative estimate of drug-likeness (QED) is 0.546. The third kappa shape index (κ3) is 7.56. The van der Waals surface area contributed by atoms with Crippen LogP contribution >= 0.6 is 11.8 Å². The zero-order valence-corrected chi connectivity index (χ0v) is 11.2. The number of carbonyl (C=O) groups excluding carboxylic acids is 2. The molecule has 1 N–H and O–H groups in total. The van der Waals surface area contributed by atoms with Crippen LogP contribution in [-0.2, 0) is 14.3 Å². The first-order chi connectivity index (χ1) is 7.47. The van der Waals surface area contributed by atoms with E-state index in [0.29, 0.717) is 12.2 Å². The van der Waals surface area contributed by atoms with Crippen molar-refractivity contribution < 1.29 is 14.3 Å². The molecule has 16 heavy (non-hydrogen) atoms. The summed E-state index contributed by atoms with van der Waals surface area (Å²) in [6.45, 7) is 5.70. The summed E-state index contributed by atoms with van der Waals surface area (Å²) in [5.74, 6) is 1.19. The second-order valence-corrected chi connectivity index (χ2v) is 5.12. The summed E-state index contributed by atoms with van der Waals surface area (Å²) in [6, 6.07) is 0.187. The molecule has 1 amide bonds. The topological polar surface area (TPSA) is 55.4 Å². The summed E-state index contributed by atoms with van der Waals surface area (Å²) in [6.07, 6.45) is 0.497. The first kappa shape index (κ1) is 15.3. The number of carbonyl (C=O) groups is 2. The maximum Gasteiger partial charge on any atom is 0.309 e. The molecule has 0 aliphatic carbocycles. The van der Waals surface area contributed by atoms with Gasteiger partial charge < -0.3 is 10.1 Å². The Balaban J connectivity index is 3.53. The highest BCUT2D eigenvalue weighted by Crippen LogP contribution is 2.10. The Kier molecular flexibility index (Phi) is 8.07. The van der Waals surface area contributed by atoms with Gasteiger partial charge in [-0.05, 0) is 13.8 Å². The number of nitrogens with one attached hydrogen (secondary N) is 1. The molecule has 0 radical (unpaired) electrons. The van der Waals surface area contributed by atoms with Gasteiger partial charge in [-0.1, -0.05) is 6.92 Å². The first-order valence-corrected chi connectivity index (χ1v) is 6.57. The van der Waals surface area contributed by atoms with Gasteiger partial charge in [0.2, 0.25) is 5.91 Å². The molecule has 5 heteroatoms. The molecule has 0 aliphatic heterocycles. The third-order valence-electron chi connectivity index (χ3n) is 1.89. The van der Waals surface area contributed by atoms with Crippen LogP contribution in [0.3, 0.4) is 0 Å². The van der Waals surface area contributed by atoms with Crippen molar-refractivity contribution in [1.82, 2.24) is 5.32 Å². The van der Waals surface area contributed by atoms with Crippen molar-refractivity contribution in [3.8, 4) is 0 Å². The van der Waals surface area contributed by atoms with Crippen molar-refractivity contribution in [2.45, 2.75) is 33.2 Å². The lowest BCUT2D eigenvalue weighted by Gasteiger charge is -2.09. The summed E-state index contributed by atoms with van der Waals surface area (Å²) in [7, 11) is 1.39. The van der Waals surface area contributed by atoms with Gasteiger partial charge in [0.25, 0.3) is 0 Å². The van der Waals surface area contributed by atoms with Crippen LogP contribution in [-0.4, -0.2) is 36.5 Å². The molecular weight excluding hydrogens is 226 g/mol. The van der Waals surface area contributed by atoms with Gasteiger partial charge in [-0.25, -0.2) is 0 Å². The van der Waals surface area contributed by atoms with E-state index < -0.39 is 0 Å². The average molecular weight is 247 g/mol. The molecule has 94 valence electrons. The number of methoxy groups -OCH3 is 1. The maximum atomic E-state index is 11.3. The van der Waals surface area contributed by atoms with Crippen molar-refractivity contribution >= 4 is 23.6 Å². The van der Waals surface area contributed by atoms with E-state index in [2.05, 4.69) is 10.1 Å². The predicted molar refractivity (Wildman–Crippen MR) is 66.4 cm³/mol. The van der Waals surface area contributed by atoms with E-state index in [1.54, 1.807) is 11.8 Å². The number of esters is 1. The van der Waals surface area contributed by atoms with Gasteiger partial charge in [0, 0.05) is 24.0 Å². The minimum Gasteiger partial charge on any atom is -0.469 e. The zero-order valence-electron chi connectivity index (χ0n) is 10.4. The van der Waals surface area contributed by atoms with E-state index in [1.807, 2.05) is 20.8 Å². The Hall–Kier alpha value is -0.710. The Bertz CT molecular complexity index is 231. The number of rotatable bonds is 7. The van der Waals surface area contributed by atoms with Crippen LogP contribution in [0.2, 0.25) is 0 Å². The van der Waals surface area contributed by atoms with E-state index in [9.17, 15) is 9.59 Å². The fourth-order valence-electron chi connectivity index (χ4n) is 1.09. The molecule has 0 fully saturated rings. The summed E-state index contributed by atoms with van der Waals surface area (Å²) < 4.78 is 4.61. The molecular formula is C11H21NO3S. The van der Waals surface area contributed by atoms with Crippen LogP contribution in [0.5, 0.6) is 0 Å². The predicted octanol–water partition coefficient (Wildman–Crippen LogP) is 1.44. The number of thioether (sulfide) groups is 1. The molecule has 0 saturated heterocycles. The smallest absolute Gasteiger partial charge is 0.309 e. The molecule has 1 unspecified atom stereocenters. The monoisotopic (exact) mass is 247 g/mol. The van der Waals surface area contributed by atoms with Gasteiger partial charge >= 0.3 is 5.97 Å². The Morgan fingerprint density at radius 2 is 1.94 bits per heavy atom. The van der Waals surface area contributed by atoms with Crippen molar-refractivity contribution in [3.05, 3.63) is 0 Å². The van der Waals surface area contributed by atoms with Crippen molar-refractivity contribution in [1.29, 1.82) is 0 Å². The highest BCUT2D eigenvalue weighted by molar-refractivity contribution is 7.99. The lowest BCUT2D eigenvalue weighted by atomic mass is 10.2. The van der Waals surface area contributed by atoms with Gasteiger partial charge in [0.1, 0.15) is 0 Å². The van der Waals surface area contributed by atoms with Gasteiger partial charge in [0.05, 0.1) is 13.0 Å². The van der Waals surface area contributed by atoms with Crippen LogP contribution in [0.15, 0.2) is 0 Å². The number of hydrogen-bond acceptors (Lipinski definition) is 4. The van der Waals surface area contributed by atoms with Crippen molar-refractivity contribution in [2.75, 3.05) is 18.6 Å². The van der Waals surface area contributed by atoms with Gasteiger partial charge in [-0.3, -0.25) is 9.59 Å². The molecule has 0 aliphatic rings. The van der Waals surface area contributed by atoms with Crippen LogP contribution in [0.1, 0.15) is 27.2 Å². The highest BCUT2D eigenvalue weighted by atomic mass is 32.2. The molecule has 4 nitrogen and oxygen atoms in total. The molecule has 0 saturated carbocycles. The molecule has 1 atom stereocenters. The zero-order chi connectivity index (χ0) is 12.6. The third-order valence-corrected chi connectivity index (χ3v) is 3.12. The van der Waals surface area contributed by atoms with E-state index in [1.165, 1.54) is 7.11 Å². The molecule has 0 heterocycles. The fourth-order valence-corrected chi connectivity index (χ4v) is 2.07. The standard InChI is InChI=1S/C11H21NO3S/c1-8(2)12-10(13)5-6-16-7-9(3)11(14)15-4/h8-9H,5-7H2,1-4H3,(H,12,13). The van der Waals surface area contributed by atoms with Crippen molar-refractivity contribution in [2.24, 2.45) is 5.92 Å². The van der Waals surface area contributed by atoms with E-state index in [0.717, 1.165) is 5.75 Å². The van der Waals surface area contributed by atoms with Crippen LogP contribution in [0, 0.1) is 5.92 Å². The molecule has 0 bridgehead atoms. The lowest BCUT2D eigenvalue weighted by Crippen LogP contribution is -2.30.